The van der Waals surface area contributed by atoms with Crippen LogP contribution in [0.1, 0.15) is 19.8 Å². The molecule has 1 atom stereocenters. The van der Waals surface area contributed by atoms with Gasteiger partial charge in [0, 0.05) is 42.4 Å². The van der Waals surface area contributed by atoms with Crippen LogP contribution in [-0.4, -0.2) is 42.8 Å². The largest absolute Gasteiger partial charge is 0.497 e. The molecule has 1 fully saturated rings. The van der Waals surface area contributed by atoms with E-state index in [1.54, 1.807) is 32.4 Å². The molecule has 168 valence electrons. The molecule has 8 heteroatoms. The van der Waals surface area contributed by atoms with Gasteiger partial charge in [-0.25, -0.2) is 4.79 Å². The molecule has 1 amide bonds. The minimum Gasteiger partial charge on any atom is -0.497 e. The van der Waals surface area contributed by atoms with Gasteiger partial charge in [-0.1, -0.05) is 19.1 Å². The van der Waals surface area contributed by atoms with E-state index in [1.165, 1.54) is 11.0 Å². The lowest BCUT2D eigenvalue weighted by molar-refractivity contribution is -0.116. The maximum Gasteiger partial charge on any atom is 0.350 e. The van der Waals surface area contributed by atoms with Crippen LogP contribution in [0.5, 0.6) is 11.5 Å². The minimum absolute atomic E-state index is 0.150. The maximum absolute atomic E-state index is 13.0. The number of benzene rings is 2. The molecule has 0 spiro atoms. The molecular weight excluding hydrogens is 408 g/mol. The van der Waals surface area contributed by atoms with E-state index >= 15 is 0 Å². The lowest BCUT2D eigenvalue weighted by Gasteiger charge is -2.32. The Morgan fingerprint density at radius 2 is 1.88 bits per heavy atom. The van der Waals surface area contributed by atoms with Crippen LogP contribution in [0.25, 0.3) is 10.9 Å². The highest BCUT2D eigenvalue weighted by Gasteiger charge is 2.22. The van der Waals surface area contributed by atoms with E-state index in [9.17, 15) is 9.59 Å². The first-order valence-corrected chi connectivity index (χ1v) is 10.8. The zero-order valence-corrected chi connectivity index (χ0v) is 18.6. The summed E-state index contributed by atoms with van der Waals surface area (Å²) < 4.78 is 11.9. The van der Waals surface area contributed by atoms with Crippen LogP contribution in [0.4, 0.5) is 11.5 Å². The van der Waals surface area contributed by atoms with Gasteiger partial charge in [0.05, 0.1) is 19.7 Å². The van der Waals surface area contributed by atoms with E-state index in [4.69, 9.17) is 9.47 Å². The van der Waals surface area contributed by atoms with Gasteiger partial charge in [0.25, 0.3) is 0 Å². The average molecular weight is 437 g/mol. The van der Waals surface area contributed by atoms with Crippen molar-refractivity contribution in [3.63, 3.8) is 0 Å². The average Bonchev–Trinajstić information content (AvgIpc) is 2.80. The van der Waals surface area contributed by atoms with Crippen molar-refractivity contribution < 1.29 is 14.3 Å². The number of para-hydroxylation sites is 1. The second-order valence-corrected chi connectivity index (χ2v) is 8.16. The molecule has 1 saturated heterocycles. The third-order valence-electron chi connectivity index (χ3n) is 5.76. The third kappa shape index (κ3) is 4.54. The van der Waals surface area contributed by atoms with Gasteiger partial charge in [0.1, 0.15) is 23.9 Å². The Labute approximate surface area is 186 Å². The van der Waals surface area contributed by atoms with Gasteiger partial charge in [0.2, 0.25) is 5.91 Å². The summed E-state index contributed by atoms with van der Waals surface area (Å²) in [5, 5.41) is 3.69. The molecule has 1 aliphatic heterocycles. The van der Waals surface area contributed by atoms with E-state index in [0.717, 1.165) is 24.9 Å². The van der Waals surface area contributed by atoms with E-state index in [2.05, 4.69) is 22.1 Å². The number of rotatable bonds is 6. The Bertz CT molecular complexity index is 1170. The number of hydrogen-bond acceptors (Lipinski definition) is 6. The van der Waals surface area contributed by atoms with E-state index in [-0.39, 0.29) is 12.5 Å². The smallest absolute Gasteiger partial charge is 0.350 e. The Morgan fingerprint density at radius 1 is 1.16 bits per heavy atom. The lowest BCUT2D eigenvalue weighted by atomic mass is 10.00. The van der Waals surface area contributed by atoms with Gasteiger partial charge < -0.3 is 19.7 Å². The second kappa shape index (κ2) is 9.30. The third-order valence-corrected chi connectivity index (χ3v) is 5.76. The van der Waals surface area contributed by atoms with Crippen LogP contribution >= 0.6 is 0 Å². The number of piperidine rings is 1. The number of fused-ring (bicyclic) bond motifs is 1. The summed E-state index contributed by atoms with van der Waals surface area (Å²) in [7, 11) is 3.09. The summed E-state index contributed by atoms with van der Waals surface area (Å²) in [5.41, 5.74) is 0.782. The summed E-state index contributed by atoms with van der Waals surface area (Å²) >= 11 is 0. The Morgan fingerprint density at radius 3 is 2.56 bits per heavy atom. The first-order chi connectivity index (χ1) is 15.5. The fourth-order valence-electron chi connectivity index (χ4n) is 4.21. The van der Waals surface area contributed by atoms with Crippen molar-refractivity contribution in [3.8, 4) is 11.5 Å². The molecule has 0 aliphatic carbocycles. The molecule has 8 nitrogen and oxygen atoms in total. The molecule has 4 rings (SSSR count). The molecule has 1 aromatic heterocycles. The lowest BCUT2D eigenvalue weighted by Crippen LogP contribution is -2.38. The monoisotopic (exact) mass is 436 g/mol. The minimum atomic E-state index is -0.435. The van der Waals surface area contributed by atoms with Crippen molar-refractivity contribution in [2.75, 3.05) is 37.5 Å². The number of anilines is 2. The fourth-order valence-corrected chi connectivity index (χ4v) is 4.21. The summed E-state index contributed by atoms with van der Waals surface area (Å²) in [5.74, 6) is 2.03. The zero-order chi connectivity index (χ0) is 22.7. The highest BCUT2D eigenvalue weighted by molar-refractivity contribution is 5.94. The second-order valence-electron chi connectivity index (χ2n) is 8.16. The van der Waals surface area contributed by atoms with Crippen molar-refractivity contribution in [2.45, 2.75) is 26.3 Å². The van der Waals surface area contributed by atoms with Gasteiger partial charge in [-0.05, 0) is 30.9 Å². The quantitative estimate of drug-likeness (QED) is 0.638. The molecule has 3 aromatic rings. The fraction of sp³-hybridized carbons (Fsp3) is 0.375. The molecule has 2 aromatic carbocycles. The molecular formula is C24H28N4O4. The standard InChI is InChI=1S/C24H28N4O4/c1-16-7-6-10-27(14-16)23-20-8-4-5-9-21(20)28(24(30)26-23)15-22(29)25-17-11-18(31-2)13-19(12-17)32-3/h4-5,8-9,11-13,16H,6-7,10,14-15H2,1-3H3,(H,25,29). The van der Waals surface area contributed by atoms with Gasteiger partial charge in [0.15, 0.2) is 0 Å². The van der Waals surface area contributed by atoms with Crippen LogP contribution < -0.4 is 25.4 Å². The number of carbonyl (C=O) groups is 1. The summed E-state index contributed by atoms with van der Waals surface area (Å²) in [6.45, 7) is 3.82. The van der Waals surface area contributed by atoms with Crippen LogP contribution in [-0.2, 0) is 11.3 Å². The highest BCUT2D eigenvalue weighted by atomic mass is 16.5. The van der Waals surface area contributed by atoms with Crippen molar-refractivity contribution in [2.24, 2.45) is 5.92 Å². The van der Waals surface area contributed by atoms with E-state index in [0.29, 0.717) is 34.4 Å². The Kier molecular flexibility index (Phi) is 6.30. The number of amides is 1. The molecule has 1 aliphatic rings. The SMILES string of the molecule is COc1cc(NC(=O)Cn2c(=O)nc(N3CCCC(C)C3)c3ccccc32)cc(OC)c1. The van der Waals surface area contributed by atoms with Gasteiger partial charge in [-0.3, -0.25) is 9.36 Å². The molecule has 0 bridgehead atoms. The summed E-state index contributed by atoms with van der Waals surface area (Å²) in [4.78, 5) is 32.4. The Hall–Kier alpha value is -3.55. The van der Waals surface area contributed by atoms with Crippen LogP contribution in [0.3, 0.4) is 0 Å². The molecule has 1 unspecified atom stereocenters. The summed E-state index contributed by atoms with van der Waals surface area (Å²) in [6, 6.07) is 12.7. The number of methoxy groups -OCH3 is 2. The highest BCUT2D eigenvalue weighted by Crippen LogP contribution is 2.28. The first-order valence-electron chi connectivity index (χ1n) is 10.8. The number of aromatic nitrogens is 2. The maximum atomic E-state index is 13.0. The first kappa shape index (κ1) is 21.7. The van der Waals surface area contributed by atoms with Crippen molar-refractivity contribution in [1.82, 2.24) is 9.55 Å². The predicted molar refractivity (Wildman–Crippen MR) is 125 cm³/mol. The van der Waals surface area contributed by atoms with Gasteiger partial charge >= 0.3 is 5.69 Å². The predicted octanol–water partition coefficient (Wildman–Crippen LogP) is 3.29. The molecule has 32 heavy (non-hydrogen) atoms. The molecule has 0 radical (unpaired) electrons. The summed E-state index contributed by atoms with van der Waals surface area (Å²) in [6.07, 6.45) is 2.26. The van der Waals surface area contributed by atoms with Gasteiger partial charge in [-0.2, -0.15) is 4.98 Å². The topological polar surface area (TPSA) is 85.7 Å². The number of ether oxygens (including phenoxy) is 2. The number of nitrogens with one attached hydrogen (secondary N) is 1. The molecule has 0 saturated carbocycles. The van der Waals surface area contributed by atoms with Crippen molar-refractivity contribution >= 4 is 28.3 Å². The number of nitrogens with zero attached hydrogens (tertiary/aromatic N) is 3. The number of hydrogen-bond donors (Lipinski definition) is 1. The molecule has 1 N–H and O–H groups in total. The van der Waals surface area contributed by atoms with Crippen molar-refractivity contribution in [3.05, 3.63) is 52.9 Å². The number of carbonyl (C=O) groups excluding carboxylic acids is 1. The zero-order valence-electron chi connectivity index (χ0n) is 18.6. The van der Waals surface area contributed by atoms with Crippen LogP contribution in [0, 0.1) is 5.92 Å². The van der Waals surface area contributed by atoms with Crippen LogP contribution in [0.2, 0.25) is 0 Å². The van der Waals surface area contributed by atoms with E-state index < -0.39 is 5.69 Å². The van der Waals surface area contributed by atoms with Crippen LogP contribution in [0.15, 0.2) is 47.3 Å². The normalized spacial score (nSPS) is 16.1. The molecule has 2 heterocycles. The van der Waals surface area contributed by atoms with Crippen molar-refractivity contribution in [1.29, 1.82) is 0 Å². The van der Waals surface area contributed by atoms with E-state index in [1.807, 2.05) is 24.3 Å². The van der Waals surface area contributed by atoms with Gasteiger partial charge in [-0.15, -0.1) is 0 Å². The Balaban J connectivity index is 1.64.